The van der Waals surface area contributed by atoms with Crippen LogP contribution >= 0.6 is 11.3 Å². The summed E-state index contributed by atoms with van der Waals surface area (Å²) in [4.78, 5) is 8.23. The van der Waals surface area contributed by atoms with Crippen molar-refractivity contribution in [2.75, 3.05) is 13.1 Å². The number of fused-ring (bicyclic) bond motifs is 1. The quantitative estimate of drug-likeness (QED) is 0.788. The monoisotopic (exact) mass is 238 g/mol. The van der Waals surface area contributed by atoms with Gasteiger partial charge in [-0.2, -0.15) is 0 Å². The summed E-state index contributed by atoms with van der Waals surface area (Å²) in [6, 6.07) is 0. The third-order valence-electron chi connectivity index (χ3n) is 3.71. The number of aromatic nitrogens is 1. The van der Waals surface area contributed by atoms with Crippen molar-refractivity contribution in [2.24, 2.45) is 5.92 Å². The second kappa shape index (κ2) is 4.09. The van der Waals surface area contributed by atoms with Crippen molar-refractivity contribution in [3.63, 3.8) is 0 Å². The highest BCUT2D eigenvalue weighted by Gasteiger charge is 2.40. The van der Waals surface area contributed by atoms with Crippen LogP contribution in [0, 0.1) is 12.8 Å². The number of rotatable bonds is 2. The molecule has 3 nitrogen and oxygen atoms in total. The van der Waals surface area contributed by atoms with Crippen LogP contribution in [-0.4, -0.2) is 35.2 Å². The molecule has 0 bridgehead atoms. The Bertz CT molecular complexity index is 365. The molecule has 0 saturated carbocycles. The Kier molecular flexibility index (Phi) is 2.73. The van der Waals surface area contributed by atoms with Gasteiger partial charge in [-0.1, -0.05) is 0 Å². The second-order valence-corrected chi connectivity index (χ2v) is 5.98. The van der Waals surface area contributed by atoms with Gasteiger partial charge in [0.2, 0.25) is 0 Å². The third kappa shape index (κ3) is 1.90. The van der Waals surface area contributed by atoms with Gasteiger partial charge in [0.1, 0.15) is 0 Å². The summed E-state index contributed by atoms with van der Waals surface area (Å²) in [5.41, 5.74) is 3.14. The van der Waals surface area contributed by atoms with E-state index in [0.29, 0.717) is 12.2 Å². The summed E-state index contributed by atoms with van der Waals surface area (Å²) < 4.78 is 5.91. The highest BCUT2D eigenvalue weighted by atomic mass is 32.1. The Morgan fingerprint density at radius 2 is 2.44 bits per heavy atom. The molecule has 0 spiro atoms. The van der Waals surface area contributed by atoms with Gasteiger partial charge in [-0.15, -0.1) is 11.3 Å². The number of ether oxygens (including phenoxy) is 1. The molecule has 88 valence electrons. The third-order valence-corrected chi connectivity index (χ3v) is 4.63. The molecule has 0 radical (unpaired) electrons. The van der Waals surface area contributed by atoms with Crippen LogP contribution in [0.3, 0.4) is 0 Å². The fourth-order valence-electron chi connectivity index (χ4n) is 2.90. The van der Waals surface area contributed by atoms with Gasteiger partial charge in [-0.05, 0) is 20.3 Å². The molecule has 0 aliphatic carbocycles. The van der Waals surface area contributed by atoms with Gasteiger partial charge < -0.3 is 4.74 Å². The summed E-state index contributed by atoms with van der Waals surface area (Å²) in [5.74, 6) is 0.767. The van der Waals surface area contributed by atoms with Gasteiger partial charge in [0.15, 0.2) is 0 Å². The highest BCUT2D eigenvalue weighted by Crippen LogP contribution is 2.33. The Morgan fingerprint density at radius 1 is 1.56 bits per heavy atom. The van der Waals surface area contributed by atoms with Gasteiger partial charge in [-0.3, -0.25) is 4.90 Å². The SMILES string of the molecule is Cc1ncsc1CN1C[C@@H]2C[C@@H](C)O[C@@H]2C1. The summed E-state index contributed by atoms with van der Waals surface area (Å²) in [6.07, 6.45) is 2.20. The number of nitrogens with zero attached hydrogens (tertiary/aromatic N) is 2. The first kappa shape index (κ1) is 10.7. The summed E-state index contributed by atoms with van der Waals surface area (Å²) in [5, 5.41) is 0. The van der Waals surface area contributed by atoms with E-state index in [9.17, 15) is 0 Å². The van der Waals surface area contributed by atoms with E-state index in [1.54, 1.807) is 11.3 Å². The molecule has 2 aliphatic rings. The molecule has 1 aromatic heterocycles. The van der Waals surface area contributed by atoms with Crippen molar-refractivity contribution >= 4 is 11.3 Å². The van der Waals surface area contributed by atoms with Crippen molar-refractivity contribution in [2.45, 2.75) is 39.0 Å². The zero-order valence-corrected chi connectivity index (χ0v) is 10.7. The molecule has 2 fully saturated rings. The van der Waals surface area contributed by atoms with E-state index in [0.717, 1.165) is 19.0 Å². The van der Waals surface area contributed by atoms with E-state index >= 15 is 0 Å². The Morgan fingerprint density at radius 3 is 3.12 bits per heavy atom. The predicted molar refractivity (Wildman–Crippen MR) is 64.6 cm³/mol. The molecule has 16 heavy (non-hydrogen) atoms. The molecule has 0 N–H and O–H groups in total. The molecule has 2 aliphatic heterocycles. The predicted octanol–water partition coefficient (Wildman–Crippen LogP) is 2.06. The van der Waals surface area contributed by atoms with Crippen LogP contribution in [0.2, 0.25) is 0 Å². The topological polar surface area (TPSA) is 25.4 Å². The Balaban J connectivity index is 1.62. The van der Waals surface area contributed by atoms with E-state index < -0.39 is 0 Å². The molecule has 0 aromatic carbocycles. The molecule has 1 aromatic rings. The first-order valence-corrected chi connectivity index (χ1v) is 6.87. The van der Waals surface area contributed by atoms with Crippen molar-refractivity contribution < 1.29 is 4.74 Å². The van der Waals surface area contributed by atoms with Crippen LogP contribution < -0.4 is 0 Å². The van der Waals surface area contributed by atoms with Gasteiger partial charge in [0.25, 0.3) is 0 Å². The average molecular weight is 238 g/mol. The maximum Gasteiger partial charge on any atom is 0.0798 e. The first-order valence-electron chi connectivity index (χ1n) is 5.99. The van der Waals surface area contributed by atoms with Crippen molar-refractivity contribution in [1.29, 1.82) is 0 Å². The molecule has 0 unspecified atom stereocenters. The Hall–Kier alpha value is -0.450. The largest absolute Gasteiger partial charge is 0.374 e. The van der Waals surface area contributed by atoms with Crippen molar-refractivity contribution in [1.82, 2.24) is 9.88 Å². The molecule has 3 rings (SSSR count). The van der Waals surface area contributed by atoms with E-state index in [4.69, 9.17) is 4.74 Å². The lowest BCUT2D eigenvalue weighted by atomic mass is 10.0. The van der Waals surface area contributed by atoms with E-state index in [2.05, 4.69) is 23.7 Å². The molecule has 3 heterocycles. The molecule has 2 saturated heterocycles. The minimum absolute atomic E-state index is 0.474. The van der Waals surface area contributed by atoms with Gasteiger partial charge >= 0.3 is 0 Å². The normalized spacial score (nSPS) is 34.5. The fraction of sp³-hybridized carbons (Fsp3) is 0.750. The lowest BCUT2D eigenvalue weighted by Gasteiger charge is -2.17. The van der Waals surface area contributed by atoms with Crippen molar-refractivity contribution in [3.8, 4) is 0 Å². The lowest BCUT2D eigenvalue weighted by Crippen LogP contribution is -2.24. The van der Waals surface area contributed by atoms with Gasteiger partial charge in [-0.25, -0.2) is 4.98 Å². The number of hydrogen-bond donors (Lipinski definition) is 0. The lowest BCUT2D eigenvalue weighted by molar-refractivity contribution is 0.0478. The first-order chi connectivity index (χ1) is 7.72. The summed E-state index contributed by atoms with van der Waals surface area (Å²) >= 11 is 1.77. The van der Waals surface area contributed by atoms with E-state index in [1.165, 1.54) is 23.5 Å². The van der Waals surface area contributed by atoms with Gasteiger partial charge in [0.05, 0.1) is 23.4 Å². The zero-order chi connectivity index (χ0) is 11.1. The molecule has 0 amide bonds. The van der Waals surface area contributed by atoms with E-state index in [-0.39, 0.29) is 0 Å². The number of hydrogen-bond acceptors (Lipinski definition) is 4. The maximum atomic E-state index is 5.91. The number of thiazole rings is 1. The van der Waals surface area contributed by atoms with Crippen LogP contribution in [0.25, 0.3) is 0 Å². The zero-order valence-electron chi connectivity index (χ0n) is 9.85. The second-order valence-electron chi connectivity index (χ2n) is 5.04. The molecular formula is C12H18N2OS. The molecular weight excluding hydrogens is 220 g/mol. The number of likely N-dealkylation sites (tertiary alicyclic amines) is 1. The average Bonchev–Trinajstić information content (AvgIpc) is 2.83. The van der Waals surface area contributed by atoms with E-state index in [1.807, 2.05) is 5.51 Å². The smallest absolute Gasteiger partial charge is 0.0798 e. The standard InChI is InChI=1S/C12H18N2OS/c1-8-3-10-4-14(5-11(10)15-8)6-12-9(2)13-7-16-12/h7-8,10-11H,3-6H2,1-2H3/t8-,10+,11-/m1/s1. The number of aryl methyl sites for hydroxylation is 1. The highest BCUT2D eigenvalue weighted by molar-refractivity contribution is 7.09. The minimum Gasteiger partial charge on any atom is -0.374 e. The van der Waals surface area contributed by atoms with Crippen LogP contribution in [0.4, 0.5) is 0 Å². The van der Waals surface area contributed by atoms with Crippen LogP contribution in [0.5, 0.6) is 0 Å². The van der Waals surface area contributed by atoms with Crippen LogP contribution in [0.15, 0.2) is 5.51 Å². The van der Waals surface area contributed by atoms with Crippen LogP contribution in [0.1, 0.15) is 23.9 Å². The fourth-order valence-corrected chi connectivity index (χ4v) is 3.72. The Labute approximate surface area is 100 Å². The van der Waals surface area contributed by atoms with Gasteiger partial charge in [0, 0.05) is 30.4 Å². The summed E-state index contributed by atoms with van der Waals surface area (Å²) in [7, 11) is 0. The summed E-state index contributed by atoms with van der Waals surface area (Å²) in [6.45, 7) is 7.65. The maximum absolute atomic E-state index is 5.91. The minimum atomic E-state index is 0.474. The molecule has 4 heteroatoms. The molecule has 3 atom stereocenters. The van der Waals surface area contributed by atoms with Crippen LogP contribution in [-0.2, 0) is 11.3 Å². The van der Waals surface area contributed by atoms with Crippen molar-refractivity contribution in [3.05, 3.63) is 16.1 Å².